The van der Waals surface area contributed by atoms with Crippen LogP contribution in [0.15, 0.2) is 132 Å². The van der Waals surface area contributed by atoms with Crippen LogP contribution >= 0.6 is 19.0 Å². The zero-order valence-corrected chi connectivity index (χ0v) is 29.5. The SMILES string of the molecule is N#CCC[C@@H]1[C@H](N[P+](c2ccccc2)(c2ccccc2)c2ccccc2)CC[C@@]2(S(=O)(=O)c3ccc(Cl)cc3)c3c(F)ccc(F)c3OC[C@@H]12. The first-order valence-corrected chi connectivity index (χ1v) is 20.2. The van der Waals surface area contributed by atoms with Gasteiger partial charge in [0.25, 0.3) is 0 Å². The van der Waals surface area contributed by atoms with E-state index in [1.807, 2.05) is 54.6 Å². The van der Waals surface area contributed by atoms with E-state index in [-0.39, 0.29) is 41.7 Å². The second-order valence-corrected chi connectivity index (χ2v) is 18.6. The van der Waals surface area contributed by atoms with Crippen molar-refractivity contribution in [3.63, 3.8) is 0 Å². The molecule has 4 atom stereocenters. The fourth-order valence-electron chi connectivity index (χ4n) is 8.17. The smallest absolute Gasteiger partial charge is 0.188 e. The molecule has 0 spiro atoms. The van der Waals surface area contributed by atoms with Crippen LogP contribution in [0.25, 0.3) is 0 Å². The molecule has 5 nitrogen and oxygen atoms in total. The second kappa shape index (κ2) is 13.9. The Morgan fingerprint density at radius 1 is 0.820 bits per heavy atom. The van der Waals surface area contributed by atoms with Crippen LogP contribution in [-0.2, 0) is 14.6 Å². The van der Waals surface area contributed by atoms with Crippen LogP contribution in [0.1, 0.15) is 31.2 Å². The molecular weight excluding hydrogens is 693 g/mol. The molecule has 5 aromatic carbocycles. The van der Waals surface area contributed by atoms with Crippen molar-refractivity contribution in [3.8, 4) is 11.8 Å². The molecule has 1 saturated carbocycles. The summed E-state index contributed by atoms with van der Waals surface area (Å²) in [6.07, 6.45) is 0.772. The number of nitrogens with one attached hydrogen (secondary N) is 1. The number of sulfone groups is 1. The third-order valence-electron chi connectivity index (χ3n) is 10.3. The predicted molar refractivity (Wildman–Crippen MR) is 195 cm³/mol. The molecule has 254 valence electrons. The molecule has 50 heavy (non-hydrogen) atoms. The van der Waals surface area contributed by atoms with Crippen LogP contribution in [0, 0.1) is 34.8 Å². The maximum atomic E-state index is 16.2. The van der Waals surface area contributed by atoms with Gasteiger partial charge in [0.2, 0.25) is 0 Å². The maximum Gasteiger partial charge on any atom is 0.188 e. The number of halogens is 3. The fraction of sp³-hybridized carbons (Fsp3) is 0.225. The first-order chi connectivity index (χ1) is 24.2. The van der Waals surface area contributed by atoms with Gasteiger partial charge in [-0.1, -0.05) is 66.2 Å². The largest absolute Gasteiger partial charge is 0.490 e. The van der Waals surface area contributed by atoms with E-state index in [0.29, 0.717) is 17.9 Å². The molecule has 0 saturated heterocycles. The Kier molecular flexibility index (Phi) is 9.54. The lowest BCUT2D eigenvalue weighted by Crippen LogP contribution is -2.60. The van der Waals surface area contributed by atoms with E-state index in [9.17, 15) is 5.26 Å². The molecule has 7 rings (SSSR count). The molecular formula is C40H35ClF2N2O3PS+. The molecule has 0 aromatic heterocycles. The van der Waals surface area contributed by atoms with Gasteiger partial charge in [0.05, 0.1) is 23.1 Å². The van der Waals surface area contributed by atoms with Gasteiger partial charge in [0.15, 0.2) is 28.8 Å². The van der Waals surface area contributed by atoms with E-state index in [2.05, 4.69) is 47.6 Å². The molecule has 0 amide bonds. The first kappa shape index (κ1) is 34.3. The highest BCUT2D eigenvalue weighted by Crippen LogP contribution is 2.61. The molecule has 2 aliphatic rings. The van der Waals surface area contributed by atoms with Crippen molar-refractivity contribution in [1.29, 1.82) is 5.26 Å². The van der Waals surface area contributed by atoms with Crippen molar-refractivity contribution in [2.75, 3.05) is 6.61 Å². The quantitative estimate of drug-likeness (QED) is 0.156. The number of benzene rings is 5. The summed E-state index contributed by atoms with van der Waals surface area (Å²) < 4.78 is 66.0. The summed E-state index contributed by atoms with van der Waals surface area (Å²) >= 11 is 6.16. The number of hydrogen-bond donors (Lipinski definition) is 1. The molecule has 1 aliphatic heterocycles. The highest BCUT2D eigenvalue weighted by Gasteiger charge is 2.64. The average Bonchev–Trinajstić information content (AvgIpc) is 3.15. The number of rotatable bonds is 9. The number of fused-ring (bicyclic) bond motifs is 3. The van der Waals surface area contributed by atoms with Gasteiger partial charge in [0, 0.05) is 23.4 Å². The van der Waals surface area contributed by atoms with E-state index in [4.69, 9.17) is 16.3 Å². The highest BCUT2D eigenvalue weighted by molar-refractivity contribution is 7.94. The Morgan fingerprint density at radius 2 is 1.36 bits per heavy atom. The molecule has 1 aliphatic carbocycles. The van der Waals surface area contributed by atoms with Gasteiger partial charge in [-0.2, -0.15) is 10.3 Å². The molecule has 1 heterocycles. The van der Waals surface area contributed by atoms with Gasteiger partial charge in [-0.15, -0.1) is 0 Å². The topological polar surface area (TPSA) is 79.2 Å². The number of nitrogens with zero attached hydrogens (tertiary/aromatic N) is 1. The second-order valence-electron chi connectivity index (χ2n) is 12.8. The summed E-state index contributed by atoms with van der Waals surface area (Å²) in [5.41, 5.74) is -0.278. The summed E-state index contributed by atoms with van der Waals surface area (Å²) in [5.74, 6) is -3.33. The van der Waals surface area contributed by atoms with Crippen molar-refractivity contribution in [2.24, 2.45) is 11.8 Å². The Labute approximate surface area is 297 Å². The van der Waals surface area contributed by atoms with Gasteiger partial charge < -0.3 is 4.74 Å². The third kappa shape index (κ3) is 5.61. The van der Waals surface area contributed by atoms with Gasteiger partial charge in [-0.05, 0) is 98.0 Å². The van der Waals surface area contributed by atoms with Crippen molar-refractivity contribution >= 4 is 44.8 Å². The van der Waals surface area contributed by atoms with Gasteiger partial charge >= 0.3 is 0 Å². The average molecular weight is 728 g/mol. The molecule has 5 aromatic rings. The van der Waals surface area contributed by atoms with Crippen LogP contribution in [0.2, 0.25) is 5.02 Å². The summed E-state index contributed by atoms with van der Waals surface area (Å²) in [5, 5.41) is 17.6. The van der Waals surface area contributed by atoms with E-state index < -0.39 is 45.5 Å². The van der Waals surface area contributed by atoms with Crippen LogP contribution in [0.3, 0.4) is 0 Å². The fourth-order valence-corrected chi connectivity index (χ4v) is 14.7. The zero-order valence-electron chi connectivity index (χ0n) is 27.1. The number of nitriles is 1. The molecule has 0 unspecified atom stereocenters. The lowest BCUT2D eigenvalue weighted by molar-refractivity contribution is 0.0551. The minimum absolute atomic E-state index is 0.00154. The van der Waals surface area contributed by atoms with Crippen LogP contribution in [-0.4, -0.2) is 21.1 Å². The van der Waals surface area contributed by atoms with E-state index in [1.54, 1.807) is 0 Å². The van der Waals surface area contributed by atoms with Gasteiger partial charge in [0.1, 0.15) is 26.5 Å². The predicted octanol–water partition coefficient (Wildman–Crippen LogP) is 7.88. The minimum Gasteiger partial charge on any atom is -0.490 e. The lowest BCUT2D eigenvalue weighted by Gasteiger charge is -2.53. The van der Waals surface area contributed by atoms with Crippen LogP contribution < -0.4 is 25.7 Å². The summed E-state index contributed by atoms with van der Waals surface area (Å²) in [6, 6.07) is 40.4. The highest BCUT2D eigenvalue weighted by atomic mass is 35.5. The van der Waals surface area contributed by atoms with Crippen LogP contribution in [0.4, 0.5) is 8.78 Å². The standard InChI is InChI=1S/C40H35ClF2N2O3PS/c41-28-18-20-32(21-19-28)50(46,47)40-25-24-37(33(17-10-26-44)34(40)27-48-39-36(43)23-22-35(42)38(39)40)45-49(29-11-4-1-5-12-29,30-13-6-2-7-14-30)31-15-8-3-9-16-31/h1-9,11-16,18-23,33-34,37,45H,10,17,24-25,27H2/q+1/t33-,34-,37+,40-/m0/s1. The van der Waals surface area contributed by atoms with Crippen LogP contribution in [0.5, 0.6) is 5.75 Å². The Balaban J connectivity index is 1.44. The van der Waals surface area contributed by atoms with E-state index in [0.717, 1.165) is 28.0 Å². The molecule has 0 radical (unpaired) electrons. The van der Waals surface area contributed by atoms with Crippen molar-refractivity contribution < 1.29 is 21.9 Å². The molecule has 0 bridgehead atoms. The Hall–Kier alpha value is -4.12. The summed E-state index contributed by atoms with van der Waals surface area (Å²) in [6.45, 7) is -0.165. The molecule has 1 fully saturated rings. The normalized spacial score (nSPS) is 21.7. The monoisotopic (exact) mass is 727 g/mol. The number of hydrogen-bond acceptors (Lipinski definition) is 5. The zero-order chi connectivity index (χ0) is 34.9. The maximum absolute atomic E-state index is 16.2. The van der Waals surface area contributed by atoms with Crippen molar-refractivity contribution in [2.45, 2.75) is 41.4 Å². The number of ether oxygens (including phenoxy) is 1. The molecule has 1 N–H and O–H groups in total. The van der Waals surface area contributed by atoms with Crippen molar-refractivity contribution in [3.05, 3.63) is 150 Å². The molecule has 10 heteroatoms. The van der Waals surface area contributed by atoms with Crippen molar-refractivity contribution in [1.82, 2.24) is 5.09 Å². The lowest BCUT2D eigenvalue weighted by atomic mass is 9.64. The first-order valence-electron chi connectivity index (χ1n) is 16.6. The van der Waals surface area contributed by atoms with E-state index in [1.165, 1.54) is 24.3 Å². The summed E-state index contributed by atoms with van der Waals surface area (Å²) in [4.78, 5) is -0.0337. The van der Waals surface area contributed by atoms with E-state index >= 15 is 17.2 Å². The third-order valence-corrected chi connectivity index (χ3v) is 17.1. The van der Waals surface area contributed by atoms with Gasteiger partial charge in [-0.25, -0.2) is 17.2 Å². The Morgan fingerprint density at radius 3 is 1.90 bits per heavy atom. The Bertz CT molecular complexity index is 2040. The minimum atomic E-state index is -4.38. The summed E-state index contributed by atoms with van der Waals surface area (Å²) in [7, 11) is -7.00. The van der Waals surface area contributed by atoms with Gasteiger partial charge in [-0.3, -0.25) is 0 Å².